The summed E-state index contributed by atoms with van der Waals surface area (Å²) in [7, 11) is 0. The zero-order valence-corrected chi connectivity index (χ0v) is 20.8. The molecular weight excluding hydrogens is 402 g/mol. The van der Waals surface area contributed by atoms with Crippen LogP contribution in [0.1, 0.15) is 69.2 Å². The first kappa shape index (κ1) is 26.1. The Morgan fingerprint density at radius 1 is 1.00 bits per heavy atom. The third kappa shape index (κ3) is 8.73. The zero-order valence-electron chi connectivity index (χ0n) is 20.8. The van der Waals surface area contributed by atoms with Crippen LogP contribution in [0.2, 0.25) is 0 Å². The van der Waals surface area contributed by atoms with Crippen molar-refractivity contribution >= 4 is 17.2 Å². The molecule has 0 heterocycles. The molecule has 2 aromatic carbocycles. The number of anilines is 1. The lowest BCUT2D eigenvalue weighted by atomic mass is 9.98. The van der Waals surface area contributed by atoms with Gasteiger partial charge in [-0.05, 0) is 98.4 Å². The van der Waals surface area contributed by atoms with Gasteiger partial charge >= 0.3 is 0 Å². The first-order valence-corrected chi connectivity index (χ1v) is 11.9. The normalized spacial score (nSPS) is 12.2. The highest BCUT2D eigenvalue weighted by molar-refractivity contribution is 5.88. The van der Waals surface area contributed by atoms with Crippen molar-refractivity contribution in [1.29, 1.82) is 0 Å². The lowest BCUT2D eigenvalue weighted by molar-refractivity contribution is -0.114. The molecule has 1 aliphatic rings. The third-order valence-corrected chi connectivity index (χ3v) is 5.44. The number of rotatable bonds is 9. The molecule has 0 atom stereocenters. The van der Waals surface area contributed by atoms with Gasteiger partial charge in [-0.15, -0.1) is 6.58 Å². The summed E-state index contributed by atoms with van der Waals surface area (Å²) in [4.78, 5) is 11.2. The van der Waals surface area contributed by atoms with Crippen LogP contribution in [-0.2, 0) is 24.1 Å². The molecule has 0 saturated carbocycles. The molecule has 3 rings (SSSR count). The van der Waals surface area contributed by atoms with E-state index in [1.54, 1.807) is 6.92 Å². The fraction of sp³-hybridized carbons (Fsp3) is 0.323. The quantitative estimate of drug-likeness (QED) is 0.308. The fourth-order valence-electron chi connectivity index (χ4n) is 4.07. The van der Waals surface area contributed by atoms with Crippen LogP contribution in [0.5, 0.6) is 0 Å². The molecule has 0 radical (unpaired) electrons. The lowest BCUT2D eigenvalue weighted by Crippen LogP contribution is -2.05. The number of benzene rings is 2. The number of unbranched alkanes of at least 4 members (excludes halogenated alkanes) is 2. The number of hydrogen-bond donors (Lipinski definition) is 1. The summed E-state index contributed by atoms with van der Waals surface area (Å²) in [6, 6.07) is 15.1. The van der Waals surface area contributed by atoms with Gasteiger partial charge in [0.05, 0.1) is 0 Å². The maximum Gasteiger partial charge on any atom is 0.221 e. The van der Waals surface area contributed by atoms with Crippen LogP contribution >= 0.6 is 0 Å². The van der Waals surface area contributed by atoms with Gasteiger partial charge in [-0.25, -0.2) is 0 Å². The fourth-order valence-corrected chi connectivity index (χ4v) is 4.07. The van der Waals surface area contributed by atoms with Gasteiger partial charge in [0.1, 0.15) is 0 Å². The van der Waals surface area contributed by atoms with Crippen LogP contribution in [0.3, 0.4) is 0 Å². The molecule has 2 aromatic rings. The maximum absolute atomic E-state index is 11.2. The van der Waals surface area contributed by atoms with Gasteiger partial charge in [0, 0.05) is 12.6 Å². The van der Waals surface area contributed by atoms with Gasteiger partial charge in [-0.3, -0.25) is 4.79 Å². The molecule has 0 fully saturated rings. The van der Waals surface area contributed by atoms with Crippen LogP contribution in [0.15, 0.2) is 85.0 Å². The van der Waals surface area contributed by atoms with E-state index < -0.39 is 0 Å². The Hall–Kier alpha value is -3.13. The van der Waals surface area contributed by atoms with E-state index in [-0.39, 0.29) is 5.91 Å². The molecule has 0 saturated heterocycles. The second-order valence-corrected chi connectivity index (χ2v) is 8.96. The molecule has 33 heavy (non-hydrogen) atoms. The van der Waals surface area contributed by atoms with Crippen molar-refractivity contribution in [2.75, 3.05) is 5.32 Å². The van der Waals surface area contributed by atoms with E-state index >= 15 is 0 Å². The Kier molecular flexibility index (Phi) is 10.6. The monoisotopic (exact) mass is 441 g/mol. The van der Waals surface area contributed by atoms with Crippen molar-refractivity contribution in [3.63, 3.8) is 0 Å². The first-order valence-electron chi connectivity index (χ1n) is 11.9. The summed E-state index contributed by atoms with van der Waals surface area (Å²) < 4.78 is 0. The molecule has 0 unspecified atom stereocenters. The van der Waals surface area contributed by atoms with E-state index in [9.17, 15) is 4.79 Å². The summed E-state index contributed by atoms with van der Waals surface area (Å²) in [5.41, 5.74) is 10.2. The SMILES string of the molecule is C=C(C)C.C=CC1=C(/C=C\C)c2ccc(CCCCCc3cccc(NC(C)=O)c3)cc2C1. The maximum atomic E-state index is 11.2. The Balaban J connectivity index is 0.000000890. The van der Waals surface area contributed by atoms with Gasteiger partial charge in [0.15, 0.2) is 0 Å². The molecule has 2 heteroatoms. The Labute approximate surface area is 200 Å². The summed E-state index contributed by atoms with van der Waals surface area (Å²) in [6.07, 6.45) is 13.1. The minimum atomic E-state index is -0.0234. The summed E-state index contributed by atoms with van der Waals surface area (Å²) in [5, 5.41) is 2.85. The third-order valence-electron chi connectivity index (χ3n) is 5.44. The van der Waals surface area contributed by atoms with Crippen molar-refractivity contribution in [2.24, 2.45) is 0 Å². The van der Waals surface area contributed by atoms with E-state index in [2.05, 4.69) is 67.9 Å². The van der Waals surface area contributed by atoms with E-state index in [0.29, 0.717) is 0 Å². The van der Waals surface area contributed by atoms with Crippen molar-refractivity contribution in [3.8, 4) is 0 Å². The number of nitrogens with one attached hydrogen (secondary N) is 1. The molecule has 1 aliphatic carbocycles. The number of carbonyl (C=O) groups excluding carboxylic acids is 1. The van der Waals surface area contributed by atoms with E-state index in [1.165, 1.54) is 58.2 Å². The summed E-state index contributed by atoms with van der Waals surface area (Å²) in [5.74, 6) is -0.0234. The highest BCUT2D eigenvalue weighted by atomic mass is 16.1. The van der Waals surface area contributed by atoms with Gasteiger partial charge in [0.25, 0.3) is 0 Å². The van der Waals surface area contributed by atoms with E-state index in [1.807, 2.05) is 32.1 Å². The minimum Gasteiger partial charge on any atom is -0.326 e. The Morgan fingerprint density at radius 2 is 1.67 bits per heavy atom. The number of hydrogen-bond acceptors (Lipinski definition) is 1. The topological polar surface area (TPSA) is 29.1 Å². The number of allylic oxidation sites excluding steroid dienone is 6. The molecule has 0 aromatic heterocycles. The largest absolute Gasteiger partial charge is 0.326 e. The zero-order chi connectivity index (χ0) is 24.2. The Morgan fingerprint density at radius 3 is 2.27 bits per heavy atom. The second kappa shape index (κ2) is 13.4. The minimum absolute atomic E-state index is 0.0234. The molecule has 0 aliphatic heterocycles. The Bertz CT molecular complexity index is 1030. The van der Waals surface area contributed by atoms with Crippen LogP contribution < -0.4 is 5.32 Å². The second-order valence-electron chi connectivity index (χ2n) is 8.96. The van der Waals surface area contributed by atoms with Crippen molar-refractivity contribution in [1.82, 2.24) is 0 Å². The van der Waals surface area contributed by atoms with Gasteiger partial charge < -0.3 is 5.32 Å². The lowest BCUT2D eigenvalue weighted by Gasteiger charge is -2.08. The molecule has 0 bridgehead atoms. The smallest absolute Gasteiger partial charge is 0.221 e. The van der Waals surface area contributed by atoms with E-state index in [4.69, 9.17) is 0 Å². The van der Waals surface area contributed by atoms with Crippen LogP contribution in [0, 0.1) is 0 Å². The van der Waals surface area contributed by atoms with Crippen LogP contribution in [0.25, 0.3) is 5.57 Å². The summed E-state index contributed by atoms with van der Waals surface area (Å²) >= 11 is 0. The highest BCUT2D eigenvalue weighted by Gasteiger charge is 2.17. The molecule has 0 spiro atoms. The highest BCUT2D eigenvalue weighted by Crippen LogP contribution is 2.35. The molecule has 2 nitrogen and oxygen atoms in total. The first-order chi connectivity index (χ1) is 15.8. The number of carbonyl (C=O) groups is 1. The number of fused-ring (bicyclic) bond motifs is 1. The predicted octanol–water partition coefficient (Wildman–Crippen LogP) is 8.25. The standard InChI is InChI=1S/C27H31NO.C4H8/c1-4-10-26-23(5-2)19-24-17-22(15-16-27(24)26)12-8-6-7-11-21-13-9-14-25(18-21)28-20(3)29;1-4(2)3/h4-5,9-10,13-18H,2,6-8,11-12,19H2,1,3H3,(H,28,29);1H2,2-3H3/b10-4-;. The van der Waals surface area contributed by atoms with Gasteiger partial charge in [-0.2, -0.15) is 0 Å². The number of amides is 1. The average molecular weight is 442 g/mol. The van der Waals surface area contributed by atoms with Gasteiger partial charge in [0.2, 0.25) is 5.91 Å². The van der Waals surface area contributed by atoms with Gasteiger partial charge in [-0.1, -0.05) is 67.1 Å². The summed E-state index contributed by atoms with van der Waals surface area (Å²) in [6.45, 7) is 15.1. The molecule has 1 N–H and O–H groups in total. The van der Waals surface area contributed by atoms with E-state index in [0.717, 1.165) is 24.9 Å². The molecule has 174 valence electrons. The average Bonchev–Trinajstić information content (AvgIpc) is 3.10. The van der Waals surface area contributed by atoms with Crippen molar-refractivity contribution in [2.45, 2.75) is 66.2 Å². The molecular formula is C31H39NO. The molecule has 1 amide bonds. The van der Waals surface area contributed by atoms with Crippen LogP contribution in [0.4, 0.5) is 5.69 Å². The van der Waals surface area contributed by atoms with Crippen LogP contribution in [-0.4, -0.2) is 5.91 Å². The van der Waals surface area contributed by atoms with Crippen molar-refractivity contribution < 1.29 is 4.79 Å². The van der Waals surface area contributed by atoms with Crippen molar-refractivity contribution in [3.05, 3.63) is 107 Å². The number of aryl methyl sites for hydroxylation is 2. The predicted molar refractivity (Wildman–Crippen MR) is 145 cm³/mol.